The lowest BCUT2D eigenvalue weighted by Crippen LogP contribution is -2.04. The van der Waals surface area contributed by atoms with E-state index in [2.05, 4.69) is 36.3 Å². The van der Waals surface area contributed by atoms with Crippen LogP contribution in [0.15, 0.2) is 23.1 Å². The van der Waals surface area contributed by atoms with Crippen LogP contribution in [0.1, 0.15) is 11.4 Å². The third-order valence-electron chi connectivity index (χ3n) is 2.14. The summed E-state index contributed by atoms with van der Waals surface area (Å²) in [5.41, 5.74) is 1.14. The average molecular weight is 282 g/mol. The van der Waals surface area contributed by atoms with E-state index in [0.717, 1.165) is 21.7 Å². The Morgan fingerprint density at radius 2 is 2.25 bits per heavy atom. The van der Waals surface area contributed by atoms with Crippen molar-refractivity contribution >= 4 is 21.7 Å². The van der Waals surface area contributed by atoms with E-state index in [0.29, 0.717) is 6.54 Å². The largest absolute Gasteiger partial charge is 0.362 e. The first-order valence-corrected chi connectivity index (χ1v) is 5.65. The molecule has 0 unspecified atom stereocenters. The molecule has 84 valence electrons. The van der Waals surface area contributed by atoms with Crippen molar-refractivity contribution in [3.63, 3.8) is 0 Å². The van der Waals surface area contributed by atoms with Crippen molar-refractivity contribution in [2.45, 2.75) is 13.5 Å². The van der Waals surface area contributed by atoms with E-state index >= 15 is 0 Å². The molecular formula is C10H12BrN5. The van der Waals surface area contributed by atoms with Crippen LogP contribution in [0.2, 0.25) is 0 Å². The highest BCUT2D eigenvalue weighted by Crippen LogP contribution is 2.23. The Bertz CT molecular complexity index is 494. The molecule has 2 rings (SSSR count). The van der Waals surface area contributed by atoms with Gasteiger partial charge in [0, 0.05) is 13.2 Å². The minimum atomic E-state index is 0.565. The minimum Gasteiger partial charge on any atom is -0.362 e. The normalized spacial score (nSPS) is 10.4. The van der Waals surface area contributed by atoms with Gasteiger partial charge in [-0.25, -0.2) is 9.97 Å². The van der Waals surface area contributed by atoms with Gasteiger partial charge in [-0.05, 0) is 34.5 Å². The second kappa shape index (κ2) is 4.61. The average Bonchev–Trinajstić information content (AvgIpc) is 2.67. The third kappa shape index (κ3) is 2.38. The predicted molar refractivity (Wildman–Crippen MR) is 65.0 cm³/mol. The van der Waals surface area contributed by atoms with Crippen LogP contribution in [0.5, 0.6) is 0 Å². The summed E-state index contributed by atoms with van der Waals surface area (Å²) in [7, 11) is 1.84. The molecule has 0 saturated heterocycles. The van der Waals surface area contributed by atoms with Crippen LogP contribution in [0.4, 0.5) is 5.82 Å². The second-order valence-corrected chi connectivity index (χ2v) is 4.27. The zero-order chi connectivity index (χ0) is 11.5. The quantitative estimate of drug-likeness (QED) is 0.934. The molecule has 6 heteroatoms. The topological polar surface area (TPSA) is 55.6 Å². The van der Waals surface area contributed by atoms with Crippen molar-refractivity contribution in [1.82, 2.24) is 19.7 Å². The van der Waals surface area contributed by atoms with Crippen LogP contribution in [0.3, 0.4) is 0 Å². The van der Waals surface area contributed by atoms with Gasteiger partial charge in [0.25, 0.3) is 0 Å². The van der Waals surface area contributed by atoms with E-state index < -0.39 is 0 Å². The molecule has 1 N–H and O–H groups in total. The third-order valence-corrected chi connectivity index (χ3v) is 3.14. The van der Waals surface area contributed by atoms with E-state index in [4.69, 9.17) is 0 Å². The molecule has 0 fully saturated rings. The van der Waals surface area contributed by atoms with E-state index in [9.17, 15) is 0 Å². The van der Waals surface area contributed by atoms with Crippen LogP contribution in [0, 0.1) is 6.92 Å². The fraction of sp³-hybridized carbons (Fsp3) is 0.300. The first-order valence-electron chi connectivity index (χ1n) is 4.86. The molecule has 0 atom stereocenters. The first-order chi connectivity index (χ1) is 7.66. The van der Waals surface area contributed by atoms with E-state index in [1.54, 1.807) is 17.2 Å². The Labute approximate surface area is 102 Å². The van der Waals surface area contributed by atoms with Gasteiger partial charge in [-0.15, -0.1) is 0 Å². The van der Waals surface area contributed by atoms with Gasteiger partial charge in [0.05, 0.1) is 11.0 Å². The smallest absolute Gasteiger partial charge is 0.169 e. The fourth-order valence-electron chi connectivity index (χ4n) is 1.29. The first kappa shape index (κ1) is 11.1. The van der Waals surface area contributed by atoms with Gasteiger partial charge in [-0.2, -0.15) is 5.10 Å². The van der Waals surface area contributed by atoms with Crippen molar-refractivity contribution < 1.29 is 0 Å². The van der Waals surface area contributed by atoms with Crippen LogP contribution in [0.25, 0.3) is 0 Å². The Kier molecular flexibility index (Phi) is 3.19. The maximum Gasteiger partial charge on any atom is 0.169 e. The summed E-state index contributed by atoms with van der Waals surface area (Å²) in [5, 5.41) is 7.36. The zero-order valence-electron chi connectivity index (χ0n) is 9.11. The Morgan fingerprint density at radius 3 is 2.94 bits per heavy atom. The minimum absolute atomic E-state index is 0.565. The van der Waals surface area contributed by atoms with Gasteiger partial charge in [-0.3, -0.25) is 4.68 Å². The summed E-state index contributed by atoms with van der Waals surface area (Å²) in [6.07, 6.45) is 3.45. The van der Waals surface area contributed by atoms with Gasteiger partial charge >= 0.3 is 0 Å². The molecule has 2 heterocycles. The summed E-state index contributed by atoms with van der Waals surface area (Å²) in [4.78, 5) is 8.37. The number of hydrogen-bond acceptors (Lipinski definition) is 4. The predicted octanol–water partition coefficient (Wildman–Crippen LogP) is 1.89. The second-order valence-electron chi connectivity index (χ2n) is 3.48. The summed E-state index contributed by atoms with van der Waals surface area (Å²) in [6.45, 7) is 2.59. The number of hydrogen-bond donors (Lipinski definition) is 1. The Morgan fingerprint density at radius 1 is 1.44 bits per heavy atom. The maximum absolute atomic E-state index is 4.24. The van der Waals surface area contributed by atoms with Gasteiger partial charge < -0.3 is 5.32 Å². The van der Waals surface area contributed by atoms with Crippen molar-refractivity contribution in [3.05, 3.63) is 34.5 Å². The van der Waals surface area contributed by atoms with Crippen LogP contribution in [-0.4, -0.2) is 19.7 Å². The molecule has 0 radical (unpaired) electrons. The van der Waals surface area contributed by atoms with Gasteiger partial charge in [0.15, 0.2) is 5.82 Å². The summed E-state index contributed by atoms with van der Waals surface area (Å²) in [6, 6.07) is 1.95. The Hall–Kier alpha value is -1.43. The molecule has 0 aliphatic rings. The van der Waals surface area contributed by atoms with Crippen molar-refractivity contribution in [1.29, 1.82) is 0 Å². The van der Waals surface area contributed by atoms with Crippen molar-refractivity contribution in [2.75, 3.05) is 5.32 Å². The lowest BCUT2D eigenvalue weighted by molar-refractivity contribution is 0.747. The number of nitrogens with one attached hydrogen (secondary N) is 1. The summed E-state index contributed by atoms with van der Waals surface area (Å²) >= 11 is 3.49. The molecule has 5 nitrogen and oxygen atoms in total. The van der Waals surface area contributed by atoms with Gasteiger partial charge in [-0.1, -0.05) is 0 Å². The Balaban J connectivity index is 2.07. The monoisotopic (exact) mass is 281 g/mol. The van der Waals surface area contributed by atoms with Gasteiger partial charge in [0.1, 0.15) is 12.1 Å². The van der Waals surface area contributed by atoms with E-state index in [1.807, 2.05) is 20.0 Å². The molecule has 0 spiro atoms. The molecule has 16 heavy (non-hydrogen) atoms. The molecule has 0 aliphatic carbocycles. The number of rotatable bonds is 3. The van der Waals surface area contributed by atoms with E-state index in [-0.39, 0.29) is 0 Å². The fourth-order valence-corrected chi connectivity index (χ4v) is 1.67. The van der Waals surface area contributed by atoms with Gasteiger partial charge in [0.2, 0.25) is 0 Å². The molecule has 0 saturated carbocycles. The number of aryl methyl sites for hydroxylation is 2. The SMILES string of the molecule is Cc1ccnc(NCc2ncn(C)n2)c1Br. The van der Waals surface area contributed by atoms with Crippen LogP contribution in [-0.2, 0) is 13.6 Å². The molecular weight excluding hydrogens is 270 g/mol. The lowest BCUT2D eigenvalue weighted by atomic mass is 10.3. The number of nitrogens with zero attached hydrogens (tertiary/aromatic N) is 4. The number of aromatic nitrogens is 4. The summed E-state index contributed by atoms with van der Waals surface area (Å²) < 4.78 is 2.65. The van der Waals surface area contributed by atoms with Crippen LogP contribution < -0.4 is 5.32 Å². The standard InChI is InChI=1S/C10H12BrN5/c1-7-3-4-12-10(9(7)11)13-5-8-14-6-16(2)15-8/h3-4,6H,5H2,1-2H3,(H,12,13). The molecule has 0 aromatic carbocycles. The molecule has 0 bridgehead atoms. The van der Waals surface area contributed by atoms with E-state index in [1.165, 1.54) is 0 Å². The number of pyridine rings is 1. The zero-order valence-corrected chi connectivity index (χ0v) is 10.7. The molecule has 2 aromatic heterocycles. The lowest BCUT2D eigenvalue weighted by Gasteiger charge is -2.06. The molecule has 0 aliphatic heterocycles. The molecule has 2 aromatic rings. The summed E-state index contributed by atoms with van der Waals surface area (Å²) in [5.74, 6) is 1.56. The number of anilines is 1. The highest BCUT2D eigenvalue weighted by molar-refractivity contribution is 9.10. The van der Waals surface area contributed by atoms with Crippen molar-refractivity contribution in [2.24, 2.45) is 7.05 Å². The molecule has 0 amide bonds. The highest BCUT2D eigenvalue weighted by atomic mass is 79.9. The van der Waals surface area contributed by atoms with Crippen LogP contribution >= 0.6 is 15.9 Å². The number of halogens is 1. The highest BCUT2D eigenvalue weighted by Gasteiger charge is 2.04. The van der Waals surface area contributed by atoms with Crippen molar-refractivity contribution in [3.8, 4) is 0 Å². The maximum atomic E-state index is 4.24.